The predicted molar refractivity (Wildman–Crippen MR) is 78.2 cm³/mol. The smallest absolute Gasteiger partial charge is 0.105 e. The molecule has 1 aliphatic rings. The fraction of sp³-hybridized carbons (Fsp3) is 0.294. The van der Waals surface area contributed by atoms with Gasteiger partial charge in [-0.05, 0) is 34.9 Å². The first kappa shape index (κ1) is 14.5. The first-order chi connectivity index (χ1) is 8.48. The summed E-state index contributed by atoms with van der Waals surface area (Å²) in [6, 6.07) is 11.0. The van der Waals surface area contributed by atoms with Crippen LogP contribution in [0.1, 0.15) is 23.6 Å². The van der Waals surface area contributed by atoms with Gasteiger partial charge in [-0.3, -0.25) is 0 Å². The van der Waals surface area contributed by atoms with Crippen molar-refractivity contribution in [2.75, 3.05) is 14.1 Å². The second-order valence-corrected chi connectivity index (χ2v) is 6.14. The Morgan fingerprint density at radius 1 is 1.16 bits per heavy atom. The van der Waals surface area contributed by atoms with Gasteiger partial charge >= 0.3 is 0 Å². The molecule has 0 N–H and O–H groups in total. The van der Waals surface area contributed by atoms with E-state index in [1.54, 1.807) is 0 Å². The van der Waals surface area contributed by atoms with Gasteiger partial charge in [-0.1, -0.05) is 30.8 Å². The number of nitrogens with zero attached hydrogens (tertiary/aromatic N) is 1. The van der Waals surface area contributed by atoms with E-state index in [2.05, 4.69) is 57.9 Å². The molecular weight excluding hydrogens is 345 g/mol. The highest BCUT2D eigenvalue weighted by atomic mass is 127. The first-order valence-corrected chi connectivity index (χ1v) is 6.49. The lowest BCUT2D eigenvalue weighted by atomic mass is 9.92. The molecule has 1 heterocycles. The fourth-order valence-electron chi connectivity index (χ4n) is 3.20. The van der Waals surface area contributed by atoms with Crippen molar-refractivity contribution >= 4 is 16.3 Å². The van der Waals surface area contributed by atoms with Crippen LogP contribution in [0.2, 0.25) is 0 Å². The highest BCUT2D eigenvalue weighted by Crippen LogP contribution is 2.37. The van der Waals surface area contributed by atoms with E-state index in [9.17, 15) is 0 Å². The lowest BCUT2D eigenvalue weighted by Gasteiger charge is -2.22. The van der Waals surface area contributed by atoms with Crippen LogP contribution in [-0.4, -0.2) is 18.6 Å². The summed E-state index contributed by atoms with van der Waals surface area (Å²) in [5.74, 6) is 0. The van der Waals surface area contributed by atoms with Crippen molar-refractivity contribution in [2.24, 2.45) is 0 Å². The molecule has 0 unspecified atom stereocenters. The highest BCUT2D eigenvalue weighted by molar-refractivity contribution is 5.95. The molecule has 0 aromatic heterocycles. The average Bonchev–Trinajstić information content (AvgIpc) is 2.58. The van der Waals surface area contributed by atoms with Crippen LogP contribution in [0.5, 0.6) is 0 Å². The zero-order valence-corrected chi connectivity index (χ0v) is 14.0. The van der Waals surface area contributed by atoms with Crippen molar-refractivity contribution in [1.29, 1.82) is 0 Å². The van der Waals surface area contributed by atoms with Gasteiger partial charge in [-0.15, -0.1) is 0 Å². The maximum absolute atomic E-state index is 4.19. The number of halogens is 1. The molecule has 2 aromatic rings. The van der Waals surface area contributed by atoms with Gasteiger partial charge in [0.1, 0.15) is 13.1 Å². The van der Waals surface area contributed by atoms with Crippen LogP contribution in [0.15, 0.2) is 36.9 Å². The van der Waals surface area contributed by atoms with Gasteiger partial charge in [0.05, 0.1) is 14.1 Å². The third-order valence-corrected chi connectivity index (χ3v) is 3.86. The normalized spacial score (nSPS) is 15.9. The predicted octanol–water partition coefficient (Wildman–Crippen LogP) is 0.967. The van der Waals surface area contributed by atoms with Crippen molar-refractivity contribution in [3.05, 3.63) is 53.6 Å². The van der Waals surface area contributed by atoms with Crippen LogP contribution in [0.25, 0.3) is 16.3 Å². The monoisotopic (exact) mass is 365 g/mol. The van der Waals surface area contributed by atoms with Crippen molar-refractivity contribution in [3.63, 3.8) is 0 Å². The zero-order valence-electron chi connectivity index (χ0n) is 11.8. The average molecular weight is 365 g/mol. The van der Waals surface area contributed by atoms with E-state index in [-0.39, 0.29) is 24.0 Å². The van der Waals surface area contributed by atoms with Crippen molar-refractivity contribution < 1.29 is 28.5 Å². The van der Waals surface area contributed by atoms with E-state index < -0.39 is 0 Å². The molecule has 100 valence electrons. The van der Waals surface area contributed by atoms with Gasteiger partial charge in [0.15, 0.2) is 0 Å². The van der Waals surface area contributed by atoms with Crippen molar-refractivity contribution in [2.45, 2.75) is 20.0 Å². The molecule has 0 spiro atoms. The largest absolute Gasteiger partial charge is 1.00 e. The number of benzene rings is 2. The summed E-state index contributed by atoms with van der Waals surface area (Å²) in [5.41, 5.74) is 5.57. The van der Waals surface area contributed by atoms with Gasteiger partial charge in [0.25, 0.3) is 0 Å². The number of quaternary nitrogens is 1. The number of hydrogen-bond acceptors (Lipinski definition) is 0. The van der Waals surface area contributed by atoms with E-state index in [1.807, 2.05) is 0 Å². The summed E-state index contributed by atoms with van der Waals surface area (Å²) in [6.07, 6.45) is 0. The maximum atomic E-state index is 4.19. The molecule has 0 fully saturated rings. The number of hydrogen-bond donors (Lipinski definition) is 0. The molecule has 2 aromatic carbocycles. The third kappa shape index (κ3) is 2.43. The molecule has 2 heteroatoms. The van der Waals surface area contributed by atoms with Crippen LogP contribution in [0.4, 0.5) is 0 Å². The van der Waals surface area contributed by atoms with Gasteiger partial charge in [-0.2, -0.15) is 0 Å². The van der Waals surface area contributed by atoms with E-state index in [0.29, 0.717) is 0 Å². The molecule has 0 bridgehead atoms. The Labute approximate surface area is 132 Å². The molecule has 1 nitrogen and oxygen atoms in total. The second kappa shape index (κ2) is 4.91. The van der Waals surface area contributed by atoms with Crippen LogP contribution in [-0.2, 0) is 13.1 Å². The van der Waals surface area contributed by atoms with Gasteiger partial charge in [0, 0.05) is 11.1 Å². The molecule has 0 amide bonds. The molecule has 1 aliphatic heterocycles. The highest BCUT2D eigenvalue weighted by Gasteiger charge is 2.30. The standard InChI is InChI=1S/C17H20N.HI/c1-12(2)17-15-8-6-5-7-13(15)9-14-10-18(3,4)11-16(14)17;/h5-9H,1,10-11H2,2-4H3;1H/q+1;/p-1. The molecule has 3 rings (SSSR count). The maximum Gasteiger partial charge on any atom is 0.105 e. The van der Waals surface area contributed by atoms with E-state index in [0.717, 1.165) is 17.6 Å². The Morgan fingerprint density at radius 3 is 2.53 bits per heavy atom. The van der Waals surface area contributed by atoms with Crippen LogP contribution in [0.3, 0.4) is 0 Å². The van der Waals surface area contributed by atoms with E-state index >= 15 is 0 Å². The minimum absolute atomic E-state index is 0. The number of rotatable bonds is 1. The molecular formula is C17H20IN. The summed E-state index contributed by atoms with van der Waals surface area (Å²) in [7, 11) is 4.60. The Hall–Kier alpha value is -0.870. The molecule has 0 aliphatic carbocycles. The molecule has 0 saturated carbocycles. The van der Waals surface area contributed by atoms with Crippen molar-refractivity contribution in [3.8, 4) is 0 Å². The molecule has 0 atom stereocenters. The first-order valence-electron chi connectivity index (χ1n) is 6.49. The van der Waals surface area contributed by atoms with Crippen LogP contribution < -0.4 is 24.0 Å². The Morgan fingerprint density at radius 2 is 1.84 bits per heavy atom. The summed E-state index contributed by atoms with van der Waals surface area (Å²) < 4.78 is 1.05. The van der Waals surface area contributed by atoms with Crippen LogP contribution >= 0.6 is 0 Å². The summed E-state index contributed by atoms with van der Waals surface area (Å²) in [4.78, 5) is 0. The number of fused-ring (bicyclic) bond motifs is 2. The summed E-state index contributed by atoms with van der Waals surface area (Å²) >= 11 is 0. The minimum Gasteiger partial charge on any atom is -1.00 e. The molecule has 0 saturated heterocycles. The summed E-state index contributed by atoms with van der Waals surface area (Å²) in [6.45, 7) is 8.56. The number of allylic oxidation sites excluding steroid dienone is 1. The topological polar surface area (TPSA) is 0 Å². The third-order valence-electron chi connectivity index (χ3n) is 3.86. The Balaban J connectivity index is 0.00000133. The van der Waals surface area contributed by atoms with Gasteiger partial charge in [-0.25, -0.2) is 0 Å². The lowest BCUT2D eigenvalue weighted by Crippen LogP contribution is -3.00. The Kier molecular flexibility index (Phi) is 3.76. The summed E-state index contributed by atoms with van der Waals surface area (Å²) in [5, 5.41) is 2.70. The van der Waals surface area contributed by atoms with Crippen molar-refractivity contribution in [1.82, 2.24) is 0 Å². The van der Waals surface area contributed by atoms with E-state index in [4.69, 9.17) is 0 Å². The van der Waals surface area contributed by atoms with Gasteiger partial charge < -0.3 is 28.5 Å². The second-order valence-electron chi connectivity index (χ2n) is 6.14. The fourth-order valence-corrected chi connectivity index (χ4v) is 3.20. The zero-order chi connectivity index (χ0) is 12.9. The van der Waals surface area contributed by atoms with E-state index in [1.165, 1.54) is 33.0 Å². The molecule has 0 radical (unpaired) electrons. The lowest BCUT2D eigenvalue weighted by molar-refractivity contribution is -0.910. The van der Waals surface area contributed by atoms with Crippen LogP contribution in [0, 0.1) is 0 Å². The minimum atomic E-state index is 0. The van der Waals surface area contributed by atoms with Gasteiger partial charge in [0.2, 0.25) is 0 Å². The quantitative estimate of drug-likeness (QED) is 0.522. The Bertz CT molecular complexity index is 656. The molecule has 19 heavy (non-hydrogen) atoms. The SMILES string of the molecule is C=C(C)c1c2c(cc3ccccc13)C[N+](C)(C)C2.[I-].